The maximum absolute atomic E-state index is 12.4. The summed E-state index contributed by atoms with van der Waals surface area (Å²) in [5.41, 5.74) is -0.612. The van der Waals surface area contributed by atoms with Gasteiger partial charge >= 0.3 is 0 Å². The van der Waals surface area contributed by atoms with Crippen LogP contribution in [0.2, 0.25) is 0 Å². The molecular formula is C17H33N3O2. The summed E-state index contributed by atoms with van der Waals surface area (Å²) in [6.07, 6.45) is 3.88. The van der Waals surface area contributed by atoms with Crippen molar-refractivity contribution in [2.45, 2.75) is 45.1 Å². The van der Waals surface area contributed by atoms with Gasteiger partial charge in [0.25, 0.3) is 5.91 Å². The van der Waals surface area contributed by atoms with Gasteiger partial charge in [-0.3, -0.25) is 4.79 Å². The molecular weight excluding hydrogens is 278 g/mol. The molecule has 5 nitrogen and oxygen atoms in total. The average Bonchev–Trinajstić information content (AvgIpc) is 2.51. The molecule has 2 N–H and O–H groups in total. The van der Waals surface area contributed by atoms with E-state index in [0.29, 0.717) is 0 Å². The average molecular weight is 311 g/mol. The highest BCUT2D eigenvalue weighted by Crippen LogP contribution is 2.23. The molecule has 0 aromatic heterocycles. The third-order valence-electron chi connectivity index (χ3n) is 5.10. The minimum absolute atomic E-state index is 0.0666. The predicted octanol–water partition coefficient (Wildman–Crippen LogP) is 1.24. The highest BCUT2D eigenvalue weighted by atomic mass is 16.5. The van der Waals surface area contributed by atoms with Crippen molar-refractivity contribution in [3.05, 3.63) is 0 Å². The lowest BCUT2D eigenvalue weighted by atomic mass is 9.91. The van der Waals surface area contributed by atoms with E-state index in [4.69, 9.17) is 4.74 Å². The number of carbonyl (C=O) groups is 1. The van der Waals surface area contributed by atoms with Crippen molar-refractivity contribution >= 4 is 5.91 Å². The first-order valence-electron chi connectivity index (χ1n) is 8.82. The number of carbonyl (C=O) groups excluding carboxylic acids is 1. The summed E-state index contributed by atoms with van der Waals surface area (Å²) >= 11 is 0. The molecule has 0 bridgehead atoms. The topological polar surface area (TPSA) is 53.6 Å². The molecule has 5 heteroatoms. The van der Waals surface area contributed by atoms with Crippen molar-refractivity contribution in [2.75, 3.05) is 46.4 Å². The molecule has 2 heterocycles. The van der Waals surface area contributed by atoms with Crippen molar-refractivity contribution in [1.29, 1.82) is 0 Å². The van der Waals surface area contributed by atoms with Crippen LogP contribution in [0.3, 0.4) is 0 Å². The van der Waals surface area contributed by atoms with Crippen LogP contribution in [0.4, 0.5) is 0 Å². The zero-order valence-electron chi connectivity index (χ0n) is 14.5. The highest BCUT2D eigenvalue weighted by molar-refractivity contribution is 5.85. The standard InChI is InChI=1S/C17H33N3O2/c1-14-11-15(2)13-20(12-14)10-4-7-19-16(21)17(22-3)5-8-18-9-6-17/h14-15,18H,4-13H2,1-3H3,(H,19,21). The Morgan fingerprint density at radius 2 is 1.91 bits per heavy atom. The number of likely N-dealkylation sites (tertiary alicyclic amines) is 1. The van der Waals surface area contributed by atoms with Gasteiger partial charge in [0, 0.05) is 26.7 Å². The second kappa shape index (κ2) is 8.27. The maximum Gasteiger partial charge on any atom is 0.252 e. The number of nitrogens with zero attached hydrogens (tertiary/aromatic N) is 1. The van der Waals surface area contributed by atoms with Gasteiger partial charge < -0.3 is 20.3 Å². The molecule has 2 saturated heterocycles. The number of ether oxygens (including phenoxy) is 1. The van der Waals surface area contributed by atoms with Gasteiger partial charge in [0.05, 0.1) is 0 Å². The molecule has 0 aromatic rings. The first-order valence-corrected chi connectivity index (χ1v) is 8.82. The number of hydrogen-bond acceptors (Lipinski definition) is 4. The van der Waals surface area contributed by atoms with E-state index in [0.717, 1.165) is 57.3 Å². The van der Waals surface area contributed by atoms with Gasteiger partial charge in [0.1, 0.15) is 5.60 Å². The van der Waals surface area contributed by atoms with Crippen LogP contribution in [0.25, 0.3) is 0 Å². The van der Waals surface area contributed by atoms with Crippen LogP contribution in [0.15, 0.2) is 0 Å². The SMILES string of the molecule is COC1(C(=O)NCCCN2CC(C)CC(C)C2)CCNCC1. The smallest absolute Gasteiger partial charge is 0.252 e. The summed E-state index contributed by atoms with van der Waals surface area (Å²) < 4.78 is 5.55. The minimum Gasteiger partial charge on any atom is -0.368 e. The molecule has 22 heavy (non-hydrogen) atoms. The van der Waals surface area contributed by atoms with Crippen molar-refractivity contribution in [1.82, 2.24) is 15.5 Å². The highest BCUT2D eigenvalue weighted by Gasteiger charge is 2.39. The van der Waals surface area contributed by atoms with Crippen LogP contribution >= 0.6 is 0 Å². The van der Waals surface area contributed by atoms with Gasteiger partial charge in [0.2, 0.25) is 0 Å². The minimum atomic E-state index is -0.612. The van der Waals surface area contributed by atoms with Crippen molar-refractivity contribution in [2.24, 2.45) is 11.8 Å². The van der Waals surface area contributed by atoms with E-state index in [1.807, 2.05) is 0 Å². The fourth-order valence-corrected chi connectivity index (χ4v) is 3.99. The number of amides is 1. The lowest BCUT2D eigenvalue weighted by molar-refractivity contribution is -0.146. The van der Waals surface area contributed by atoms with E-state index in [1.165, 1.54) is 19.5 Å². The third-order valence-corrected chi connectivity index (χ3v) is 5.10. The van der Waals surface area contributed by atoms with Crippen LogP contribution in [0.5, 0.6) is 0 Å². The molecule has 0 saturated carbocycles. The van der Waals surface area contributed by atoms with Crippen molar-refractivity contribution in [3.63, 3.8) is 0 Å². The van der Waals surface area contributed by atoms with Gasteiger partial charge in [-0.2, -0.15) is 0 Å². The number of methoxy groups -OCH3 is 1. The fourth-order valence-electron chi connectivity index (χ4n) is 3.99. The Morgan fingerprint density at radius 1 is 1.27 bits per heavy atom. The molecule has 0 aliphatic carbocycles. The molecule has 128 valence electrons. The molecule has 0 spiro atoms. The first kappa shape index (κ1) is 17.7. The van der Waals surface area contributed by atoms with E-state index in [9.17, 15) is 4.79 Å². The van der Waals surface area contributed by atoms with Crippen molar-refractivity contribution < 1.29 is 9.53 Å². The van der Waals surface area contributed by atoms with Crippen LogP contribution in [-0.4, -0.2) is 62.8 Å². The Bertz CT molecular complexity index is 346. The van der Waals surface area contributed by atoms with Gasteiger partial charge in [-0.1, -0.05) is 13.8 Å². The third kappa shape index (κ3) is 4.67. The Morgan fingerprint density at radius 3 is 2.50 bits per heavy atom. The van der Waals surface area contributed by atoms with E-state index in [-0.39, 0.29) is 5.91 Å². The zero-order valence-corrected chi connectivity index (χ0v) is 14.5. The molecule has 0 radical (unpaired) electrons. The first-order chi connectivity index (χ1) is 10.6. The summed E-state index contributed by atoms with van der Waals surface area (Å²) in [6, 6.07) is 0. The lowest BCUT2D eigenvalue weighted by Gasteiger charge is -2.36. The van der Waals surface area contributed by atoms with E-state index >= 15 is 0 Å². The number of rotatable bonds is 6. The van der Waals surface area contributed by atoms with Crippen LogP contribution in [0.1, 0.15) is 39.5 Å². The molecule has 2 atom stereocenters. The van der Waals surface area contributed by atoms with Crippen LogP contribution < -0.4 is 10.6 Å². The Balaban J connectivity index is 1.68. The van der Waals surface area contributed by atoms with Gasteiger partial charge in [0.15, 0.2) is 0 Å². The fraction of sp³-hybridized carbons (Fsp3) is 0.941. The predicted molar refractivity (Wildman–Crippen MR) is 88.9 cm³/mol. The zero-order chi connectivity index (χ0) is 16.0. The Kier molecular flexibility index (Phi) is 6.66. The van der Waals surface area contributed by atoms with Gasteiger partial charge in [-0.05, 0) is 57.2 Å². The molecule has 2 rings (SSSR count). The quantitative estimate of drug-likeness (QED) is 0.725. The van der Waals surface area contributed by atoms with Crippen LogP contribution in [-0.2, 0) is 9.53 Å². The lowest BCUT2D eigenvalue weighted by Crippen LogP contribution is -2.54. The van der Waals surface area contributed by atoms with Gasteiger partial charge in [-0.15, -0.1) is 0 Å². The largest absolute Gasteiger partial charge is 0.368 e. The number of piperidine rings is 2. The number of hydrogen-bond donors (Lipinski definition) is 2. The molecule has 2 aliphatic rings. The summed E-state index contributed by atoms with van der Waals surface area (Å²) in [7, 11) is 1.65. The summed E-state index contributed by atoms with van der Waals surface area (Å²) in [5.74, 6) is 1.66. The van der Waals surface area contributed by atoms with E-state index < -0.39 is 5.60 Å². The maximum atomic E-state index is 12.4. The van der Waals surface area contributed by atoms with Gasteiger partial charge in [-0.25, -0.2) is 0 Å². The number of nitrogens with one attached hydrogen (secondary N) is 2. The van der Waals surface area contributed by atoms with Crippen molar-refractivity contribution in [3.8, 4) is 0 Å². The molecule has 0 aromatic carbocycles. The molecule has 1 amide bonds. The Labute approximate surface area is 135 Å². The monoisotopic (exact) mass is 311 g/mol. The molecule has 2 fully saturated rings. The Hall–Kier alpha value is -0.650. The normalized spacial score (nSPS) is 29.2. The second-order valence-electron chi connectivity index (χ2n) is 7.26. The van der Waals surface area contributed by atoms with E-state index in [2.05, 4.69) is 29.4 Å². The summed E-state index contributed by atoms with van der Waals surface area (Å²) in [5, 5.41) is 6.37. The van der Waals surface area contributed by atoms with E-state index in [1.54, 1.807) is 7.11 Å². The second-order valence-corrected chi connectivity index (χ2v) is 7.26. The molecule has 2 aliphatic heterocycles. The summed E-state index contributed by atoms with van der Waals surface area (Å²) in [6.45, 7) is 10.6. The van der Waals surface area contributed by atoms with Crippen LogP contribution in [0, 0.1) is 11.8 Å². The molecule has 2 unspecified atom stereocenters. The summed E-state index contributed by atoms with van der Waals surface area (Å²) in [4.78, 5) is 15.0.